The summed E-state index contributed by atoms with van der Waals surface area (Å²) >= 11 is 3.09. The summed E-state index contributed by atoms with van der Waals surface area (Å²) < 4.78 is 40.3. The molecule has 0 amide bonds. The summed E-state index contributed by atoms with van der Waals surface area (Å²) in [6.07, 6.45) is 2.45. The van der Waals surface area contributed by atoms with Gasteiger partial charge in [0.25, 0.3) is 0 Å². The molecule has 2 rings (SSSR count). The first-order valence-electron chi connectivity index (χ1n) is 7.05. The maximum absolute atomic E-state index is 13.0. The Bertz CT molecular complexity index is 589. The van der Waals surface area contributed by atoms with Crippen LogP contribution in [-0.2, 0) is 10.0 Å². The van der Waals surface area contributed by atoms with Crippen molar-refractivity contribution in [2.45, 2.75) is 24.7 Å². The van der Waals surface area contributed by atoms with Crippen molar-refractivity contribution in [3.63, 3.8) is 0 Å². The molecule has 1 heterocycles. The third-order valence-electron chi connectivity index (χ3n) is 3.57. The Morgan fingerprint density at radius 3 is 2.67 bits per heavy atom. The van der Waals surface area contributed by atoms with Crippen LogP contribution >= 0.6 is 15.9 Å². The van der Waals surface area contributed by atoms with Gasteiger partial charge in [-0.25, -0.2) is 17.5 Å². The highest BCUT2D eigenvalue weighted by Gasteiger charge is 2.20. The fourth-order valence-electron chi connectivity index (χ4n) is 2.49. The zero-order chi connectivity index (χ0) is 15.5. The van der Waals surface area contributed by atoms with Gasteiger partial charge in [0, 0.05) is 17.6 Å². The molecule has 1 unspecified atom stereocenters. The van der Waals surface area contributed by atoms with Gasteiger partial charge in [0.05, 0.1) is 4.90 Å². The fraction of sp³-hybridized carbons (Fsp3) is 0.571. The van der Waals surface area contributed by atoms with Crippen LogP contribution in [0.3, 0.4) is 0 Å². The van der Waals surface area contributed by atoms with Gasteiger partial charge >= 0.3 is 0 Å². The molecule has 118 valence electrons. The van der Waals surface area contributed by atoms with Crippen LogP contribution in [0.4, 0.5) is 4.39 Å². The predicted octanol–water partition coefficient (Wildman–Crippen LogP) is 2.60. The molecular weight excluding hydrogens is 359 g/mol. The van der Waals surface area contributed by atoms with Crippen molar-refractivity contribution in [1.82, 2.24) is 9.62 Å². The summed E-state index contributed by atoms with van der Waals surface area (Å²) in [4.78, 5) is 2.42. The quantitative estimate of drug-likeness (QED) is 0.827. The van der Waals surface area contributed by atoms with Gasteiger partial charge in [-0.05, 0) is 66.0 Å². The van der Waals surface area contributed by atoms with Crippen LogP contribution in [0.15, 0.2) is 27.6 Å². The Morgan fingerprint density at radius 2 is 2.05 bits per heavy atom. The minimum atomic E-state index is -3.62. The Hall–Kier alpha value is -0.500. The second-order valence-electron chi connectivity index (χ2n) is 5.54. The molecule has 1 atom stereocenters. The monoisotopic (exact) mass is 378 g/mol. The summed E-state index contributed by atoms with van der Waals surface area (Å²) in [7, 11) is -3.62. The highest BCUT2D eigenvalue weighted by molar-refractivity contribution is 9.10. The van der Waals surface area contributed by atoms with E-state index in [-0.39, 0.29) is 15.3 Å². The Kier molecular flexibility index (Phi) is 5.76. The average Bonchev–Trinajstić information content (AvgIpc) is 2.89. The number of benzene rings is 1. The lowest BCUT2D eigenvalue weighted by atomic mass is 10.2. The van der Waals surface area contributed by atoms with Crippen molar-refractivity contribution in [2.24, 2.45) is 5.92 Å². The van der Waals surface area contributed by atoms with Crippen LogP contribution in [0.25, 0.3) is 0 Å². The van der Waals surface area contributed by atoms with Gasteiger partial charge in [0.1, 0.15) is 5.82 Å². The van der Waals surface area contributed by atoms with E-state index in [9.17, 15) is 12.8 Å². The van der Waals surface area contributed by atoms with Gasteiger partial charge in [0.2, 0.25) is 10.0 Å². The molecule has 1 saturated heterocycles. The van der Waals surface area contributed by atoms with Crippen LogP contribution in [0.2, 0.25) is 0 Å². The smallest absolute Gasteiger partial charge is 0.241 e. The van der Waals surface area contributed by atoms with Crippen molar-refractivity contribution in [2.75, 3.05) is 26.2 Å². The molecular formula is C14H20BrFN2O2S. The van der Waals surface area contributed by atoms with E-state index >= 15 is 0 Å². The average molecular weight is 379 g/mol. The van der Waals surface area contributed by atoms with Crippen molar-refractivity contribution >= 4 is 26.0 Å². The minimum absolute atomic E-state index is 0.0669. The van der Waals surface area contributed by atoms with E-state index in [0.717, 1.165) is 31.8 Å². The zero-order valence-corrected chi connectivity index (χ0v) is 14.4. The number of sulfonamides is 1. The molecule has 1 aromatic carbocycles. The topological polar surface area (TPSA) is 49.4 Å². The van der Waals surface area contributed by atoms with Crippen LogP contribution in [0.5, 0.6) is 0 Å². The maximum atomic E-state index is 13.0. The van der Waals surface area contributed by atoms with Gasteiger partial charge in [-0.15, -0.1) is 0 Å². The molecule has 0 saturated carbocycles. The van der Waals surface area contributed by atoms with Crippen LogP contribution < -0.4 is 4.72 Å². The lowest BCUT2D eigenvalue weighted by Gasteiger charge is -2.20. The standard InChI is InChI=1S/C14H20BrFN2O2S/c1-11(10-18-6-2-3-7-18)9-17-21(19,20)14-5-4-12(16)8-13(14)15/h4-5,8,11,17H,2-3,6-7,9-10H2,1H3. The first-order valence-corrected chi connectivity index (χ1v) is 9.33. The SMILES string of the molecule is CC(CNS(=O)(=O)c1ccc(F)cc1Br)CN1CCCC1. The normalized spacial score (nSPS) is 18.0. The maximum Gasteiger partial charge on any atom is 0.241 e. The van der Waals surface area contributed by atoms with Gasteiger partial charge < -0.3 is 4.90 Å². The van der Waals surface area contributed by atoms with E-state index in [0.29, 0.717) is 6.54 Å². The fourth-order valence-corrected chi connectivity index (χ4v) is 4.71. The molecule has 1 fully saturated rings. The van der Waals surface area contributed by atoms with Gasteiger partial charge in [-0.2, -0.15) is 0 Å². The highest BCUT2D eigenvalue weighted by atomic mass is 79.9. The number of nitrogens with one attached hydrogen (secondary N) is 1. The van der Waals surface area contributed by atoms with E-state index < -0.39 is 15.8 Å². The van der Waals surface area contributed by atoms with Crippen molar-refractivity contribution < 1.29 is 12.8 Å². The molecule has 0 bridgehead atoms. The molecule has 4 nitrogen and oxygen atoms in total. The van der Waals surface area contributed by atoms with Crippen LogP contribution in [0.1, 0.15) is 19.8 Å². The number of nitrogens with zero attached hydrogens (tertiary/aromatic N) is 1. The Morgan fingerprint density at radius 1 is 1.38 bits per heavy atom. The van der Waals surface area contributed by atoms with E-state index in [1.807, 2.05) is 6.92 Å². The van der Waals surface area contributed by atoms with Crippen molar-refractivity contribution in [3.8, 4) is 0 Å². The van der Waals surface area contributed by atoms with Gasteiger partial charge in [-0.3, -0.25) is 0 Å². The molecule has 0 radical (unpaired) electrons. The predicted molar refractivity (Wildman–Crippen MR) is 84.1 cm³/mol. The first kappa shape index (κ1) is 16.9. The van der Waals surface area contributed by atoms with Crippen LogP contribution in [0, 0.1) is 11.7 Å². The van der Waals surface area contributed by atoms with Crippen molar-refractivity contribution in [1.29, 1.82) is 0 Å². The summed E-state index contributed by atoms with van der Waals surface area (Å²) in [5, 5.41) is 0. The largest absolute Gasteiger partial charge is 0.303 e. The number of halogens is 2. The second-order valence-corrected chi connectivity index (χ2v) is 8.13. The molecule has 1 aromatic rings. The molecule has 1 N–H and O–H groups in total. The molecule has 1 aliphatic heterocycles. The Balaban J connectivity index is 1.94. The molecule has 1 aliphatic rings. The lowest BCUT2D eigenvalue weighted by molar-refractivity contribution is 0.288. The summed E-state index contributed by atoms with van der Waals surface area (Å²) in [6, 6.07) is 3.57. The van der Waals surface area contributed by atoms with Gasteiger partial charge in [0.15, 0.2) is 0 Å². The first-order chi connectivity index (χ1) is 9.88. The van der Waals surface area contributed by atoms with E-state index in [1.54, 1.807) is 0 Å². The van der Waals surface area contributed by atoms with E-state index in [2.05, 4.69) is 25.6 Å². The van der Waals surface area contributed by atoms with E-state index in [4.69, 9.17) is 0 Å². The summed E-state index contributed by atoms with van der Waals surface area (Å²) in [6.45, 7) is 5.50. The zero-order valence-electron chi connectivity index (χ0n) is 12.0. The molecule has 0 aliphatic carbocycles. The second kappa shape index (κ2) is 7.17. The lowest BCUT2D eigenvalue weighted by Crippen LogP contribution is -2.34. The van der Waals surface area contributed by atoms with Gasteiger partial charge in [-0.1, -0.05) is 6.92 Å². The van der Waals surface area contributed by atoms with Crippen LogP contribution in [-0.4, -0.2) is 39.5 Å². The van der Waals surface area contributed by atoms with Crippen molar-refractivity contribution in [3.05, 3.63) is 28.5 Å². The number of rotatable bonds is 6. The number of hydrogen-bond donors (Lipinski definition) is 1. The third-order valence-corrected chi connectivity index (χ3v) is 5.97. The number of likely N-dealkylation sites (tertiary alicyclic amines) is 1. The minimum Gasteiger partial charge on any atom is -0.303 e. The Labute approximate surface area is 133 Å². The molecule has 7 heteroatoms. The number of hydrogen-bond acceptors (Lipinski definition) is 3. The molecule has 0 aromatic heterocycles. The summed E-state index contributed by atoms with van der Waals surface area (Å²) in [5.74, 6) is -0.236. The van der Waals surface area contributed by atoms with E-state index in [1.165, 1.54) is 18.9 Å². The third kappa shape index (κ3) is 4.74. The highest BCUT2D eigenvalue weighted by Crippen LogP contribution is 2.22. The molecule has 0 spiro atoms. The molecule has 21 heavy (non-hydrogen) atoms. The summed E-state index contributed by atoms with van der Waals surface area (Å²) in [5.41, 5.74) is 0.